The maximum atomic E-state index is 12.3. The van der Waals surface area contributed by atoms with Gasteiger partial charge in [-0.2, -0.15) is 0 Å². The van der Waals surface area contributed by atoms with Gasteiger partial charge in [-0.15, -0.1) is 0 Å². The van der Waals surface area contributed by atoms with E-state index in [1.54, 1.807) is 0 Å². The van der Waals surface area contributed by atoms with Crippen LogP contribution in [0.15, 0.2) is 122 Å². The van der Waals surface area contributed by atoms with Crippen LogP contribution in [-0.4, -0.2) is 36.4 Å². The molecule has 64 heavy (non-hydrogen) atoms. The zero-order valence-corrected chi connectivity index (χ0v) is 41.2. The smallest absolute Gasteiger partial charge is 0.306 e. The van der Waals surface area contributed by atoms with Crippen molar-refractivity contribution in [3.8, 4) is 0 Å². The Bertz CT molecular complexity index is 1320. The number of ether oxygens (including phenoxy) is 2. The predicted octanol–water partition coefficient (Wildman–Crippen LogP) is 17.5. The maximum absolute atomic E-state index is 12.3. The van der Waals surface area contributed by atoms with Crippen molar-refractivity contribution in [3.05, 3.63) is 122 Å². The summed E-state index contributed by atoms with van der Waals surface area (Å²) >= 11 is 0. The predicted molar refractivity (Wildman–Crippen MR) is 278 cm³/mol. The third-order valence-electron chi connectivity index (χ3n) is 10.7. The van der Waals surface area contributed by atoms with Crippen molar-refractivity contribution in [2.75, 3.05) is 13.2 Å². The Balaban J connectivity index is 3.65. The van der Waals surface area contributed by atoms with E-state index in [-0.39, 0.29) is 25.2 Å². The molecule has 0 aromatic heterocycles. The second-order valence-electron chi connectivity index (χ2n) is 16.9. The van der Waals surface area contributed by atoms with E-state index in [4.69, 9.17) is 9.47 Å². The Morgan fingerprint density at radius 2 is 0.672 bits per heavy atom. The minimum atomic E-state index is -0.806. The summed E-state index contributed by atoms with van der Waals surface area (Å²) < 4.78 is 10.6. The number of carbonyl (C=O) groups is 2. The first-order valence-electron chi connectivity index (χ1n) is 26.1. The minimum absolute atomic E-state index is 0.0922. The molecule has 0 aromatic rings. The molecule has 0 spiro atoms. The Morgan fingerprint density at radius 1 is 0.375 bits per heavy atom. The summed E-state index contributed by atoms with van der Waals surface area (Å²) in [5, 5.41) is 9.63. The van der Waals surface area contributed by atoms with Crippen molar-refractivity contribution in [2.24, 2.45) is 0 Å². The van der Waals surface area contributed by atoms with Gasteiger partial charge < -0.3 is 14.6 Å². The molecule has 0 heterocycles. The number of unbranched alkanes of at least 4 members (excludes halogenated alkanes) is 18. The molecule has 0 radical (unpaired) electrons. The molecule has 0 aliphatic carbocycles. The molecule has 362 valence electrons. The van der Waals surface area contributed by atoms with Crippen molar-refractivity contribution >= 4 is 11.9 Å². The fraction of sp³-hybridized carbons (Fsp3) is 0.627. The first-order chi connectivity index (χ1) is 31.6. The SMILES string of the molecule is CC/C=C\C/C=C\C/C=C\C/C=C\C/C=C\C/C=C\C/C=C\C/C=C\CCCCC(=O)OC(CO)COC(=O)CCCCCCCCCCCCC/C=C\C/C=C\CCCCCCC. The van der Waals surface area contributed by atoms with Crippen molar-refractivity contribution in [1.29, 1.82) is 0 Å². The number of allylic oxidation sites excluding steroid dienone is 20. The monoisotopic (exact) mass is 885 g/mol. The van der Waals surface area contributed by atoms with E-state index in [9.17, 15) is 14.7 Å². The van der Waals surface area contributed by atoms with Crippen LogP contribution in [0.2, 0.25) is 0 Å². The van der Waals surface area contributed by atoms with Crippen molar-refractivity contribution < 1.29 is 24.2 Å². The zero-order valence-electron chi connectivity index (χ0n) is 41.2. The third kappa shape index (κ3) is 50.9. The Kier molecular flexibility index (Phi) is 50.5. The lowest BCUT2D eigenvalue weighted by molar-refractivity contribution is -0.161. The lowest BCUT2D eigenvalue weighted by Crippen LogP contribution is -2.28. The largest absolute Gasteiger partial charge is 0.462 e. The molecule has 1 N–H and O–H groups in total. The van der Waals surface area contributed by atoms with Crippen molar-refractivity contribution in [2.45, 2.75) is 225 Å². The highest BCUT2D eigenvalue weighted by molar-refractivity contribution is 5.70. The van der Waals surface area contributed by atoms with E-state index in [0.29, 0.717) is 12.8 Å². The van der Waals surface area contributed by atoms with Gasteiger partial charge in [0.1, 0.15) is 6.61 Å². The molecule has 0 saturated heterocycles. The van der Waals surface area contributed by atoms with Crippen LogP contribution in [0.25, 0.3) is 0 Å². The van der Waals surface area contributed by atoms with Crippen LogP contribution in [-0.2, 0) is 19.1 Å². The summed E-state index contributed by atoms with van der Waals surface area (Å²) in [4.78, 5) is 24.5. The van der Waals surface area contributed by atoms with Gasteiger partial charge in [-0.1, -0.05) is 219 Å². The molecule has 0 aromatic carbocycles. The lowest BCUT2D eigenvalue weighted by atomic mass is 10.0. The van der Waals surface area contributed by atoms with Gasteiger partial charge in [0, 0.05) is 12.8 Å². The minimum Gasteiger partial charge on any atom is -0.462 e. The molecule has 0 bridgehead atoms. The summed E-state index contributed by atoms with van der Waals surface area (Å²) in [7, 11) is 0. The van der Waals surface area contributed by atoms with Gasteiger partial charge in [-0.05, 0) is 109 Å². The third-order valence-corrected chi connectivity index (χ3v) is 10.7. The highest BCUT2D eigenvalue weighted by Gasteiger charge is 2.16. The normalized spacial score (nSPS) is 13.2. The summed E-state index contributed by atoms with van der Waals surface area (Å²) in [6.07, 6.45) is 78.6. The molecule has 0 saturated carbocycles. The van der Waals surface area contributed by atoms with E-state index < -0.39 is 6.10 Å². The highest BCUT2D eigenvalue weighted by Crippen LogP contribution is 2.14. The molecule has 0 aliphatic heterocycles. The van der Waals surface area contributed by atoms with Gasteiger partial charge >= 0.3 is 11.9 Å². The first-order valence-corrected chi connectivity index (χ1v) is 26.1. The summed E-state index contributed by atoms with van der Waals surface area (Å²) in [5.41, 5.74) is 0. The second-order valence-corrected chi connectivity index (χ2v) is 16.9. The van der Waals surface area contributed by atoms with Gasteiger partial charge in [0.05, 0.1) is 6.61 Å². The van der Waals surface area contributed by atoms with Crippen LogP contribution in [0.1, 0.15) is 219 Å². The van der Waals surface area contributed by atoms with Gasteiger partial charge in [0.15, 0.2) is 6.10 Å². The molecule has 5 heteroatoms. The number of rotatable bonds is 46. The standard InChI is InChI=1S/C59H96O5/c1-3-5-7-9-11-13-15-17-19-21-23-25-27-28-29-30-32-34-36-38-40-42-44-46-48-50-52-54-59(62)64-57(55-60)56-63-58(61)53-51-49-47-45-43-41-39-37-35-33-31-26-24-22-20-18-16-14-12-10-8-6-4-2/h5,7,11,13,16-19,22-25,28-29,32,34,38,40,44,46,57,60H,3-4,6,8-10,12,14-15,20-21,26-27,30-31,33,35-37,39,41-43,45,47-56H2,1-2H3/b7-5-,13-11-,18-16-,19-17-,24-22-,25-23-,29-28-,34-32-,40-38-,46-44-. The Labute approximate surface area is 394 Å². The molecule has 1 unspecified atom stereocenters. The van der Waals surface area contributed by atoms with Gasteiger partial charge in [-0.3, -0.25) is 9.59 Å². The average Bonchev–Trinajstić information content (AvgIpc) is 3.30. The number of hydrogen-bond acceptors (Lipinski definition) is 5. The highest BCUT2D eigenvalue weighted by atomic mass is 16.6. The summed E-state index contributed by atoms with van der Waals surface area (Å²) in [6.45, 7) is 3.98. The molecule has 5 nitrogen and oxygen atoms in total. The van der Waals surface area contributed by atoms with E-state index in [1.165, 1.54) is 96.3 Å². The van der Waals surface area contributed by atoms with Crippen LogP contribution < -0.4 is 0 Å². The van der Waals surface area contributed by atoms with Crippen molar-refractivity contribution in [1.82, 2.24) is 0 Å². The van der Waals surface area contributed by atoms with E-state index in [2.05, 4.69) is 135 Å². The molecule has 0 fully saturated rings. The average molecular weight is 885 g/mol. The number of carbonyl (C=O) groups excluding carboxylic acids is 2. The lowest BCUT2D eigenvalue weighted by Gasteiger charge is -2.15. The molecular weight excluding hydrogens is 789 g/mol. The fourth-order valence-corrected chi connectivity index (χ4v) is 6.84. The van der Waals surface area contributed by atoms with Gasteiger partial charge in [0.2, 0.25) is 0 Å². The molecule has 0 amide bonds. The van der Waals surface area contributed by atoms with E-state index in [0.717, 1.165) is 96.3 Å². The molecular formula is C59H96O5. The number of aliphatic hydroxyl groups is 1. The Hall–Kier alpha value is -3.70. The topological polar surface area (TPSA) is 72.8 Å². The number of aliphatic hydroxyl groups excluding tert-OH is 1. The van der Waals surface area contributed by atoms with E-state index >= 15 is 0 Å². The molecule has 0 aliphatic rings. The van der Waals surface area contributed by atoms with Crippen LogP contribution in [0.5, 0.6) is 0 Å². The summed E-state index contributed by atoms with van der Waals surface area (Å²) in [6, 6.07) is 0. The molecule has 1 atom stereocenters. The van der Waals surface area contributed by atoms with E-state index in [1.807, 2.05) is 0 Å². The summed E-state index contributed by atoms with van der Waals surface area (Å²) in [5.74, 6) is -0.651. The van der Waals surface area contributed by atoms with Crippen LogP contribution in [0, 0.1) is 0 Å². The number of hydrogen-bond donors (Lipinski definition) is 1. The fourth-order valence-electron chi connectivity index (χ4n) is 6.84. The van der Waals surface area contributed by atoms with Crippen LogP contribution in [0.3, 0.4) is 0 Å². The second kappa shape index (κ2) is 53.6. The van der Waals surface area contributed by atoms with Crippen LogP contribution >= 0.6 is 0 Å². The Morgan fingerprint density at radius 3 is 1.05 bits per heavy atom. The number of esters is 2. The van der Waals surface area contributed by atoms with Gasteiger partial charge in [-0.25, -0.2) is 0 Å². The maximum Gasteiger partial charge on any atom is 0.306 e. The molecule has 0 rings (SSSR count). The van der Waals surface area contributed by atoms with Crippen molar-refractivity contribution in [3.63, 3.8) is 0 Å². The van der Waals surface area contributed by atoms with Gasteiger partial charge in [0.25, 0.3) is 0 Å². The van der Waals surface area contributed by atoms with Crippen LogP contribution in [0.4, 0.5) is 0 Å². The quantitative estimate of drug-likeness (QED) is 0.0375. The zero-order chi connectivity index (χ0) is 46.3. The first kappa shape index (κ1) is 60.3.